The van der Waals surface area contributed by atoms with E-state index < -0.39 is 0 Å². The molecule has 0 bridgehead atoms. The molecule has 96 valence electrons. The van der Waals surface area contributed by atoms with E-state index >= 15 is 0 Å². The molecular formula is C13H15BrClN3. The molecule has 3 nitrogen and oxygen atoms in total. The highest BCUT2D eigenvalue weighted by Crippen LogP contribution is 2.28. The highest BCUT2D eigenvalue weighted by molar-refractivity contribution is 9.10. The van der Waals surface area contributed by atoms with Gasteiger partial charge in [0.05, 0.1) is 22.4 Å². The molecule has 5 heteroatoms. The van der Waals surface area contributed by atoms with Gasteiger partial charge in [-0.15, -0.1) is 0 Å². The standard InChI is InChI=1S/C13H15BrClN3/c1-3-18-13(10(14)7-17-18)12(16)9-4-5-11(15)8(2)6-9/h4-7,12H,3,16H2,1-2H3. The molecular weight excluding hydrogens is 314 g/mol. The average molecular weight is 329 g/mol. The van der Waals surface area contributed by atoms with Crippen LogP contribution in [0.3, 0.4) is 0 Å². The highest BCUT2D eigenvalue weighted by Gasteiger charge is 2.18. The zero-order valence-electron chi connectivity index (χ0n) is 10.3. The minimum atomic E-state index is -0.210. The van der Waals surface area contributed by atoms with Gasteiger partial charge in [0, 0.05) is 11.6 Å². The summed E-state index contributed by atoms with van der Waals surface area (Å²) in [6.45, 7) is 4.81. The van der Waals surface area contributed by atoms with E-state index in [1.54, 1.807) is 6.20 Å². The van der Waals surface area contributed by atoms with Crippen LogP contribution >= 0.6 is 27.5 Å². The third-order valence-electron chi connectivity index (χ3n) is 2.97. The minimum Gasteiger partial charge on any atom is -0.319 e. The van der Waals surface area contributed by atoms with Crippen LogP contribution < -0.4 is 5.73 Å². The maximum atomic E-state index is 6.32. The second-order valence-electron chi connectivity index (χ2n) is 4.18. The lowest BCUT2D eigenvalue weighted by atomic mass is 10.0. The van der Waals surface area contributed by atoms with E-state index in [0.29, 0.717) is 0 Å². The first-order valence-electron chi connectivity index (χ1n) is 5.77. The fourth-order valence-electron chi connectivity index (χ4n) is 1.95. The topological polar surface area (TPSA) is 43.8 Å². The number of benzene rings is 1. The molecule has 1 heterocycles. The van der Waals surface area contributed by atoms with Crippen molar-refractivity contribution in [3.63, 3.8) is 0 Å². The summed E-state index contributed by atoms with van der Waals surface area (Å²) in [6, 6.07) is 5.65. The van der Waals surface area contributed by atoms with Gasteiger partial charge in [-0.1, -0.05) is 23.7 Å². The van der Waals surface area contributed by atoms with Gasteiger partial charge in [0.25, 0.3) is 0 Å². The molecule has 1 atom stereocenters. The smallest absolute Gasteiger partial charge is 0.0738 e. The molecule has 2 rings (SSSR count). The van der Waals surface area contributed by atoms with Crippen molar-refractivity contribution in [1.29, 1.82) is 0 Å². The number of nitrogens with two attached hydrogens (primary N) is 1. The van der Waals surface area contributed by atoms with Crippen molar-refractivity contribution in [3.8, 4) is 0 Å². The quantitative estimate of drug-likeness (QED) is 0.934. The van der Waals surface area contributed by atoms with E-state index in [1.165, 1.54) is 0 Å². The Bertz CT molecular complexity index is 565. The first-order valence-corrected chi connectivity index (χ1v) is 6.94. The normalized spacial score (nSPS) is 12.7. The van der Waals surface area contributed by atoms with Gasteiger partial charge >= 0.3 is 0 Å². The third-order valence-corrected chi connectivity index (χ3v) is 4.00. The Balaban J connectivity index is 2.44. The summed E-state index contributed by atoms with van der Waals surface area (Å²) < 4.78 is 2.84. The molecule has 2 N–H and O–H groups in total. The van der Waals surface area contributed by atoms with Crippen LogP contribution in [-0.4, -0.2) is 9.78 Å². The molecule has 0 spiro atoms. The van der Waals surface area contributed by atoms with Gasteiger partial charge in [-0.25, -0.2) is 0 Å². The predicted octanol–water partition coefficient (Wildman–Crippen LogP) is 3.68. The van der Waals surface area contributed by atoms with Gasteiger partial charge in [0.1, 0.15) is 0 Å². The van der Waals surface area contributed by atoms with Gasteiger partial charge < -0.3 is 5.73 Å². The molecule has 0 fully saturated rings. The van der Waals surface area contributed by atoms with Crippen LogP contribution in [0, 0.1) is 6.92 Å². The summed E-state index contributed by atoms with van der Waals surface area (Å²) in [5, 5.41) is 5.04. The largest absolute Gasteiger partial charge is 0.319 e. The van der Waals surface area contributed by atoms with Gasteiger partial charge in [-0.3, -0.25) is 4.68 Å². The second-order valence-corrected chi connectivity index (χ2v) is 5.44. The van der Waals surface area contributed by atoms with E-state index in [4.69, 9.17) is 17.3 Å². The van der Waals surface area contributed by atoms with E-state index in [1.807, 2.05) is 36.7 Å². The van der Waals surface area contributed by atoms with Crippen LogP contribution in [0.1, 0.15) is 29.8 Å². The Morgan fingerprint density at radius 3 is 2.83 bits per heavy atom. The Kier molecular flexibility index (Phi) is 4.10. The zero-order chi connectivity index (χ0) is 13.3. The van der Waals surface area contributed by atoms with Crippen molar-refractivity contribution in [2.45, 2.75) is 26.4 Å². The maximum Gasteiger partial charge on any atom is 0.0738 e. The van der Waals surface area contributed by atoms with Gasteiger partial charge in [-0.05, 0) is 47.0 Å². The summed E-state index contributed by atoms with van der Waals surface area (Å²) in [6.07, 6.45) is 1.78. The van der Waals surface area contributed by atoms with E-state index in [2.05, 4.69) is 21.0 Å². The van der Waals surface area contributed by atoms with Gasteiger partial charge in [-0.2, -0.15) is 5.10 Å². The number of hydrogen-bond donors (Lipinski definition) is 1. The monoisotopic (exact) mass is 327 g/mol. The SMILES string of the molecule is CCn1ncc(Br)c1C(N)c1ccc(Cl)c(C)c1. The highest BCUT2D eigenvalue weighted by atomic mass is 79.9. The van der Waals surface area contributed by atoms with Crippen LogP contribution in [0.2, 0.25) is 5.02 Å². The van der Waals surface area contributed by atoms with Crippen molar-refractivity contribution < 1.29 is 0 Å². The lowest BCUT2D eigenvalue weighted by Crippen LogP contribution is -2.17. The summed E-state index contributed by atoms with van der Waals surface area (Å²) in [5.41, 5.74) is 9.37. The second kappa shape index (κ2) is 5.43. The predicted molar refractivity (Wildman–Crippen MR) is 77.8 cm³/mol. The molecule has 0 aliphatic rings. The van der Waals surface area contributed by atoms with Crippen molar-refractivity contribution in [2.75, 3.05) is 0 Å². The number of rotatable bonds is 3. The Hall–Kier alpha value is -0.840. The first-order chi connectivity index (χ1) is 8.54. The Morgan fingerprint density at radius 1 is 1.50 bits per heavy atom. The number of aromatic nitrogens is 2. The summed E-state index contributed by atoms with van der Waals surface area (Å²) in [5.74, 6) is 0. The maximum absolute atomic E-state index is 6.32. The van der Waals surface area contributed by atoms with E-state index in [0.717, 1.165) is 32.9 Å². The molecule has 0 aliphatic heterocycles. The molecule has 0 radical (unpaired) electrons. The summed E-state index contributed by atoms with van der Waals surface area (Å²) in [4.78, 5) is 0. The van der Waals surface area contributed by atoms with E-state index in [-0.39, 0.29) is 6.04 Å². The van der Waals surface area contributed by atoms with Crippen molar-refractivity contribution in [3.05, 3.63) is 50.7 Å². The zero-order valence-corrected chi connectivity index (χ0v) is 12.7. The average Bonchev–Trinajstić information content (AvgIpc) is 2.73. The van der Waals surface area contributed by atoms with Gasteiger partial charge in [0.15, 0.2) is 0 Å². The van der Waals surface area contributed by atoms with Crippen molar-refractivity contribution >= 4 is 27.5 Å². The fourth-order valence-corrected chi connectivity index (χ4v) is 2.61. The number of nitrogens with zero attached hydrogens (tertiary/aromatic N) is 2. The molecule has 1 aromatic carbocycles. The first kappa shape index (κ1) is 13.6. The van der Waals surface area contributed by atoms with E-state index in [9.17, 15) is 0 Å². The number of halogens is 2. The number of aryl methyl sites for hydroxylation is 2. The van der Waals surface area contributed by atoms with Crippen LogP contribution in [0.5, 0.6) is 0 Å². The summed E-state index contributed by atoms with van der Waals surface area (Å²) >= 11 is 9.53. The Labute approximate surface area is 120 Å². The Morgan fingerprint density at radius 2 is 2.22 bits per heavy atom. The van der Waals surface area contributed by atoms with Gasteiger partial charge in [0.2, 0.25) is 0 Å². The number of hydrogen-bond acceptors (Lipinski definition) is 2. The fraction of sp³-hybridized carbons (Fsp3) is 0.308. The third kappa shape index (κ3) is 2.46. The molecule has 1 unspecified atom stereocenters. The van der Waals surface area contributed by atoms with Crippen molar-refractivity contribution in [2.24, 2.45) is 5.73 Å². The minimum absolute atomic E-state index is 0.210. The van der Waals surface area contributed by atoms with Crippen LogP contribution in [0.25, 0.3) is 0 Å². The molecule has 1 aromatic heterocycles. The molecule has 0 saturated carbocycles. The van der Waals surface area contributed by atoms with Crippen LogP contribution in [0.15, 0.2) is 28.9 Å². The van der Waals surface area contributed by atoms with Crippen molar-refractivity contribution in [1.82, 2.24) is 9.78 Å². The lowest BCUT2D eigenvalue weighted by Gasteiger charge is -2.15. The molecule has 0 aliphatic carbocycles. The van der Waals surface area contributed by atoms with Crippen LogP contribution in [0.4, 0.5) is 0 Å². The molecule has 0 saturated heterocycles. The summed E-state index contributed by atoms with van der Waals surface area (Å²) in [7, 11) is 0. The van der Waals surface area contributed by atoms with Crippen LogP contribution in [-0.2, 0) is 6.54 Å². The lowest BCUT2D eigenvalue weighted by molar-refractivity contribution is 0.599. The molecule has 18 heavy (non-hydrogen) atoms. The molecule has 0 amide bonds. The molecule has 2 aromatic rings.